The van der Waals surface area contributed by atoms with Crippen LogP contribution in [0.5, 0.6) is 11.5 Å². The molecule has 0 unspecified atom stereocenters. The first-order chi connectivity index (χ1) is 12.2. The Morgan fingerprint density at radius 2 is 1.88 bits per heavy atom. The van der Waals surface area contributed by atoms with Gasteiger partial charge in [0.15, 0.2) is 11.5 Å². The molecule has 1 aromatic heterocycles. The molecule has 7 nitrogen and oxygen atoms in total. The van der Waals surface area contributed by atoms with Crippen LogP contribution in [0.15, 0.2) is 36.5 Å². The Balaban J connectivity index is 1.96. The molecule has 0 spiro atoms. The summed E-state index contributed by atoms with van der Waals surface area (Å²) >= 11 is 0. The smallest absolute Gasteiger partial charge is 0.255 e. The normalized spacial score (nSPS) is 10.2. The highest BCUT2D eigenvalue weighted by Gasteiger charge is 2.11. The summed E-state index contributed by atoms with van der Waals surface area (Å²) in [5.74, 6) is 1.58. The molecule has 0 saturated heterocycles. The van der Waals surface area contributed by atoms with E-state index in [1.54, 1.807) is 44.7 Å². The van der Waals surface area contributed by atoms with Crippen LogP contribution in [0.3, 0.4) is 0 Å². The van der Waals surface area contributed by atoms with Crippen molar-refractivity contribution in [2.45, 2.75) is 6.42 Å². The van der Waals surface area contributed by atoms with Gasteiger partial charge in [0.1, 0.15) is 5.82 Å². The van der Waals surface area contributed by atoms with E-state index in [0.29, 0.717) is 29.4 Å². The van der Waals surface area contributed by atoms with Crippen molar-refractivity contribution in [1.29, 1.82) is 0 Å². The number of anilines is 2. The van der Waals surface area contributed by atoms with Crippen molar-refractivity contribution in [2.24, 2.45) is 0 Å². The van der Waals surface area contributed by atoms with E-state index >= 15 is 0 Å². The Kier molecular flexibility index (Phi) is 7.03. The number of nitrogens with zero attached hydrogens (tertiary/aromatic N) is 1. The summed E-state index contributed by atoms with van der Waals surface area (Å²) in [5.41, 5.74) is 1.08. The van der Waals surface area contributed by atoms with Crippen molar-refractivity contribution >= 4 is 17.4 Å². The first-order valence-corrected chi connectivity index (χ1v) is 7.90. The van der Waals surface area contributed by atoms with Crippen LogP contribution in [-0.2, 0) is 4.74 Å². The van der Waals surface area contributed by atoms with Gasteiger partial charge in [-0.3, -0.25) is 4.79 Å². The molecule has 0 radical (unpaired) electrons. The van der Waals surface area contributed by atoms with E-state index in [4.69, 9.17) is 14.2 Å². The standard InChI is InChI=1S/C18H23N3O4/c1-23-10-4-9-19-17-8-6-14(12-20-17)21-18(22)13-5-7-15(24-2)16(11-13)25-3/h5-8,11-12H,4,9-10H2,1-3H3,(H,19,20)(H,21,22). The molecule has 0 bridgehead atoms. The van der Waals surface area contributed by atoms with Crippen LogP contribution in [0.4, 0.5) is 11.5 Å². The van der Waals surface area contributed by atoms with Crippen LogP contribution < -0.4 is 20.1 Å². The van der Waals surface area contributed by atoms with Crippen LogP contribution in [0.2, 0.25) is 0 Å². The number of methoxy groups -OCH3 is 3. The molecule has 1 amide bonds. The van der Waals surface area contributed by atoms with Gasteiger partial charge in [-0.15, -0.1) is 0 Å². The summed E-state index contributed by atoms with van der Waals surface area (Å²) in [7, 11) is 4.75. The lowest BCUT2D eigenvalue weighted by Crippen LogP contribution is -2.12. The molecule has 0 saturated carbocycles. The number of hydrogen-bond donors (Lipinski definition) is 2. The Labute approximate surface area is 147 Å². The largest absolute Gasteiger partial charge is 0.493 e. The molecule has 2 aromatic rings. The lowest BCUT2D eigenvalue weighted by molar-refractivity contribution is 0.102. The van der Waals surface area contributed by atoms with Gasteiger partial charge in [0.2, 0.25) is 0 Å². The number of carbonyl (C=O) groups excluding carboxylic acids is 1. The van der Waals surface area contributed by atoms with Gasteiger partial charge >= 0.3 is 0 Å². The molecule has 134 valence electrons. The molecule has 2 N–H and O–H groups in total. The zero-order valence-corrected chi connectivity index (χ0v) is 14.7. The van der Waals surface area contributed by atoms with E-state index in [1.165, 1.54) is 7.11 Å². The van der Waals surface area contributed by atoms with Gasteiger partial charge in [-0.25, -0.2) is 4.98 Å². The maximum absolute atomic E-state index is 12.3. The number of ether oxygens (including phenoxy) is 3. The number of amides is 1. The molecule has 25 heavy (non-hydrogen) atoms. The van der Waals surface area contributed by atoms with Crippen LogP contribution in [0.1, 0.15) is 16.8 Å². The summed E-state index contributed by atoms with van der Waals surface area (Å²) in [4.78, 5) is 16.6. The molecule has 2 rings (SSSR count). The van der Waals surface area contributed by atoms with Gasteiger partial charge < -0.3 is 24.8 Å². The third-order valence-corrected chi connectivity index (χ3v) is 3.50. The molecule has 0 aliphatic rings. The quantitative estimate of drug-likeness (QED) is 0.680. The minimum absolute atomic E-state index is 0.247. The number of pyridine rings is 1. The van der Waals surface area contributed by atoms with Crippen LogP contribution >= 0.6 is 0 Å². The first kappa shape index (κ1) is 18.5. The van der Waals surface area contributed by atoms with Crippen LogP contribution in [-0.4, -0.2) is 45.4 Å². The third kappa shape index (κ3) is 5.36. The van der Waals surface area contributed by atoms with Crippen LogP contribution in [0.25, 0.3) is 0 Å². The Hall–Kier alpha value is -2.80. The number of carbonyl (C=O) groups is 1. The minimum atomic E-state index is -0.247. The van der Waals surface area contributed by atoms with E-state index in [2.05, 4.69) is 15.6 Å². The van der Waals surface area contributed by atoms with Crippen molar-refractivity contribution in [1.82, 2.24) is 4.98 Å². The summed E-state index contributed by atoms with van der Waals surface area (Å²) in [6.07, 6.45) is 2.51. The lowest BCUT2D eigenvalue weighted by Gasteiger charge is -2.10. The van der Waals surface area contributed by atoms with Gasteiger partial charge in [0.05, 0.1) is 26.1 Å². The SMILES string of the molecule is COCCCNc1ccc(NC(=O)c2ccc(OC)c(OC)c2)cn1. The Bertz CT molecular complexity index is 689. The highest BCUT2D eigenvalue weighted by molar-refractivity contribution is 6.04. The number of nitrogens with one attached hydrogen (secondary N) is 2. The average Bonchev–Trinajstić information content (AvgIpc) is 2.65. The van der Waals surface area contributed by atoms with Gasteiger partial charge in [-0.05, 0) is 36.8 Å². The van der Waals surface area contributed by atoms with Crippen molar-refractivity contribution in [3.63, 3.8) is 0 Å². The van der Waals surface area contributed by atoms with Crippen molar-refractivity contribution in [2.75, 3.05) is 45.1 Å². The molecule has 7 heteroatoms. The number of rotatable bonds is 9. The predicted molar refractivity (Wildman–Crippen MR) is 96.7 cm³/mol. The predicted octanol–water partition coefficient (Wildman–Crippen LogP) is 2.80. The molecule has 0 aliphatic heterocycles. The fourth-order valence-electron chi connectivity index (χ4n) is 2.19. The highest BCUT2D eigenvalue weighted by atomic mass is 16.5. The fourth-order valence-corrected chi connectivity index (χ4v) is 2.19. The average molecular weight is 345 g/mol. The van der Waals surface area contributed by atoms with E-state index in [1.807, 2.05) is 6.07 Å². The van der Waals surface area contributed by atoms with Gasteiger partial charge in [-0.2, -0.15) is 0 Å². The molecule has 0 aliphatic carbocycles. The zero-order chi connectivity index (χ0) is 18.1. The summed E-state index contributed by atoms with van der Waals surface area (Å²) in [5, 5.41) is 5.99. The van der Waals surface area contributed by atoms with Crippen LogP contribution in [0, 0.1) is 0 Å². The number of benzene rings is 1. The molecule has 0 fully saturated rings. The molecule has 0 atom stereocenters. The number of aromatic nitrogens is 1. The van der Waals surface area contributed by atoms with Gasteiger partial charge in [0, 0.05) is 25.8 Å². The molecular weight excluding hydrogens is 322 g/mol. The zero-order valence-electron chi connectivity index (χ0n) is 14.7. The molecule has 1 heterocycles. The molecular formula is C18H23N3O4. The van der Waals surface area contributed by atoms with E-state index in [0.717, 1.165) is 18.8 Å². The Morgan fingerprint density at radius 3 is 2.52 bits per heavy atom. The highest BCUT2D eigenvalue weighted by Crippen LogP contribution is 2.27. The summed E-state index contributed by atoms with van der Waals surface area (Å²) in [6.45, 7) is 1.48. The third-order valence-electron chi connectivity index (χ3n) is 3.50. The second-order valence-corrected chi connectivity index (χ2v) is 5.23. The second-order valence-electron chi connectivity index (χ2n) is 5.23. The molecule has 1 aromatic carbocycles. The van der Waals surface area contributed by atoms with Gasteiger partial charge in [0.25, 0.3) is 5.91 Å². The summed E-state index contributed by atoms with van der Waals surface area (Å²) in [6, 6.07) is 8.61. The van der Waals surface area contributed by atoms with E-state index < -0.39 is 0 Å². The topological polar surface area (TPSA) is 81.7 Å². The van der Waals surface area contributed by atoms with Crippen molar-refractivity contribution < 1.29 is 19.0 Å². The maximum atomic E-state index is 12.3. The lowest BCUT2D eigenvalue weighted by atomic mass is 10.2. The van der Waals surface area contributed by atoms with Crippen molar-refractivity contribution in [3.05, 3.63) is 42.1 Å². The Morgan fingerprint density at radius 1 is 1.08 bits per heavy atom. The second kappa shape index (κ2) is 9.48. The monoisotopic (exact) mass is 345 g/mol. The van der Waals surface area contributed by atoms with E-state index in [9.17, 15) is 4.79 Å². The minimum Gasteiger partial charge on any atom is -0.493 e. The first-order valence-electron chi connectivity index (χ1n) is 7.90. The van der Waals surface area contributed by atoms with Crippen molar-refractivity contribution in [3.8, 4) is 11.5 Å². The summed E-state index contributed by atoms with van der Waals surface area (Å²) < 4.78 is 15.4. The number of hydrogen-bond acceptors (Lipinski definition) is 6. The van der Waals surface area contributed by atoms with E-state index in [-0.39, 0.29) is 5.91 Å². The van der Waals surface area contributed by atoms with Gasteiger partial charge in [-0.1, -0.05) is 0 Å². The maximum Gasteiger partial charge on any atom is 0.255 e. The fraction of sp³-hybridized carbons (Fsp3) is 0.333.